The monoisotopic (exact) mass is 384 g/mol. The molecule has 2 aliphatic heterocycles. The molecule has 3 aromatic heterocycles. The van der Waals surface area contributed by atoms with Crippen molar-refractivity contribution in [3.05, 3.63) is 35.1 Å². The molecule has 0 saturated carbocycles. The summed E-state index contributed by atoms with van der Waals surface area (Å²) in [4.78, 5) is 8.04. The van der Waals surface area contributed by atoms with Gasteiger partial charge >= 0.3 is 0 Å². The van der Waals surface area contributed by atoms with Crippen molar-refractivity contribution in [3.63, 3.8) is 0 Å². The standard InChI is InChI=1S/C19H24N6OS/c1-2-8-16-21-22-19(25(16)10-3-1)14-6-4-9-24(12-14)13-17-20-18(23-26-17)15-7-5-11-27-15/h5,7,11,14H,1-4,6,8-10,12-13H2. The molecule has 3 aromatic rings. The second kappa shape index (κ2) is 7.52. The van der Waals surface area contributed by atoms with Crippen molar-refractivity contribution in [1.29, 1.82) is 0 Å². The minimum Gasteiger partial charge on any atom is -0.338 e. The zero-order valence-electron chi connectivity index (χ0n) is 15.4. The van der Waals surface area contributed by atoms with Crippen LogP contribution in [0.4, 0.5) is 0 Å². The van der Waals surface area contributed by atoms with Crippen LogP contribution in [0.5, 0.6) is 0 Å². The molecule has 27 heavy (non-hydrogen) atoms. The van der Waals surface area contributed by atoms with Crippen LogP contribution >= 0.6 is 11.3 Å². The fraction of sp³-hybridized carbons (Fsp3) is 0.579. The summed E-state index contributed by atoms with van der Waals surface area (Å²) in [5.41, 5.74) is 0. The minimum atomic E-state index is 0.442. The van der Waals surface area contributed by atoms with Gasteiger partial charge in [0.1, 0.15) is 11.6 Å². The lowest BCUT2D eigenvalue weighted by Gasteiger charge is -2.31. The fourth-order valence-corrected chi connectivity index (χ4v) is 4.88. The Bertz CT molecular complexity index is 886. The molecule has 0 aliphatic carbocycles. The highest BCUT2D eigenvalue weighted by atomic mass is 32.1. The van der Waals surface area contributed by atoms with Gasteiger partial charge in [0.2, 0.25) is 11.7 Å². The first-order chi connectivity index (χ1) is 13.4. The van der Waals surface area contributed by atoms with Crippen LogP contribution in [0.15, 0.2) is 22.0 Å². The maximum Gasteiger partial charge on any atom is 0.241 e. The number of aromatic nitrogens is 5. The quantitative estimate of drug-likeness (QED) is 0.685. The van der Waals surface area contributed by atoms with Gasteiger partial charge in [-0.05, 0) is 43.7 Å². The Morgan fingerprint density at radius 1 is 1.15 bits per heavy atom. The summed E-state index contributed by atoms with van der Waals surface area (Å²) in [6.07, 6.45) is 7.18. The maximum absolute atomic E-state index is 5.49. The lowest BCUT2D eigenvalue weighted by molar-refractivity contribution is 0.172. The Morgan fingerprint density at radius 2 is 2.15 bits per heavy atom. The minimum absolute atomic E-state index is 0.442. The smallest absolute Gasteiger partial charge is 0.241 e. The normalized spacial score (nSPS) is 21.1. The van der Waals surface area contributed by atoms with Gasteiger partial charge in [0.25, 0.3) is 0 Å². The molecule has 0 bridgehead atoms. The van der Waals surface area contributed by atoms with E-state index >= 15 is 0 Å². The van der Waals surface area contributed by atoms with Crippen LogP contribution in [-0.4, -0.2) is 42.9 Å². The van der Waals surface area contributed by atoms with Crippen LogP contribution in [0.2, 0.25) is 0 Å². The maximum atomic E-state index is 5.49. The van der Waals surface area contributed by atoms with Crippen LogP contribution in [0, 0.1) is 0 Å². The number of aryl methyl sites for hydroxylation is 1. The van der Waals surface area contributed by atoms with E-state index in [1.54, 1.807) is 11.3 Å². The molecule has 142 valence electrons. The van der Waals surface area contributed by atoms with Crippen molar-refractivity contribution >= 4 is 11.3 Å². The zero-order valence-corrected chi connectivity index (χ0v) is 16.2. The number of piperidine rings is 1. The molecule has 1 saturated heterocycles. The molecule has 0 amide bonds. The highest BCUT2D eigenvalue weighted by molar-refractivity contribution is 7.13. The van der Waals surface area contributed by atoms with E-state index in [2.05, 4.69) is 29.8 Å². The van der Waals surface area contributed by atoms with E-state index in [0.29, 0.717) is 24.2 Å². The van der Waals surface area contributed by atoms with Crippen molar-refractivity contribution in [2.75, 3.05) is 13.1 Å². The first kappa shape index (κ1) is 17.1. The number of rotatable bonds is 4. The summed E-state index contributed by atoms with van der Waals surface area (Å²) >= 11 is 1.63. The first-order valence-electron chi connectivity index (χ1n) is 9.87. The van der Waals surface area contributed by atoms with Crippen molar-refractivity contribution in [3.8, 4) is 10.7 Å². The summed E-state index contributed by atoms with van der Waals surface area (Å²) in [6.45, 7) is 3.82. The molecule has 0 radical (unpaired) electrons. The van der Waals surface area contributed by atoms with Crippen LogP contribution < -0.4 is 0 Å². The summed E-state index contributed by atoms with van der Waals surface area (Å²) in [5, 5.41) is 15.2. The average molecular weight is 385 g/mol. The number of hydrogen-bond donors (Lipinski definition) is 0. The third kappa shape index (κ3) is 3.55. The molecule has 5 rings (SSSR count). The van der Waals surface area contributed by atoms with Crippen LogP contribution in [0.25, 0.3) is 10.7 Å². The molecule has 8 heteroatoms. The summed E-state index contributed by atoms with van der Waals surface area (Å²) in [7, 11) is 0. The number of fused-ring (bicyclic) bond motifs is 1. The Balaban J connectivity index is 1.28. The highest BCUT2D eigenvalue weighted by Crippen LogP contribution is 2.29. The summed E-state index contributed by atoms with van der Waals surface area (Å²) < 4.78 is 7.89. The van der Waals surface area contributed by atoms with Crippen molar-refractivity contribution in [1.82, 2.24) is 29.8 Å². The van der Waals surface area contributed by atoms with Crippen LogP contribution in [0.3, 0.4) is 0 Å². The Labute approximate surface area is 162 Å². The molecule has 0 spiro atoms. The second-order valence-corrected chi connectivity index (χ2v) is 8.45. The average Bonchev–Trinajstić information content (AvgIpc) is 3.41. The Morgan fingerprint density at radius 3 is 3.07 bits per heavy atom. The number of likely N-dealkylation sites (tertiary alicyclic amines) is 1. The summed E-state index contributed by atoms with van der Waals surface area (Å²) in [5.74, 6) is 4.19. The van der Waals surface area contributed by atoms with Gasteiger partial charge in [0.15, 0.2) is 0 Å². The topological polar surface area (TPSA) is 72.9 Å². The zero-order chi connectivity index (χ0) is 18.1. The first-order valence-corrected chi connectivity index (χ1v) is 10.8. The molecule has 0 aromatic carbocycles. The van der Waals surface area contributed by atoms with Gasteiger partial charge in [0, 0.05) is 25.4 Å². The SMILES string of the molecule is c1csc(-c2noc(CN3CCCC(c4nnc5n4CCCCC5)C3)n2)c1. The Hall–Kier alpha value is -2.06. The van der Waals surface area contributed by atoms with E-state index in [-0.39, 0.29) is 0 Å². The van der Waals surface area contributed by atoms with Gasteiger partial charge in [-0.25, -0.2) is 0 Å². The van der Waals surface area contributed by atoms with Gasteiger partial charge in [-0.3, -0.25) is 4.90 Å². The molecule has 0 N–H and O–H groups in total. The molecule has 7 nitrogen and oxygen atoms in total. The van der Waals surface area contributed by atoms with Crippen LogP contribution in [0.1, 0.15) is 55.6 Å². The fourth-order valence-electron chi connectivity index (χ4n) is 4.24. The largest absolute Gasteiger partial charge is 0.338 e. The molecule has 2 aliphatic rings. The van der Waals surface area contributed by atoms with E-state index in [9.17, 15) is 0 Å². The van der Waals surface area contributed by atoms with E-state index in [0.717, 1.165) is 30.9 Å². The van der Waals surface area contributed by atoms with Gasteiger partial charge in [-0.15, -0.1) is 21.5 Å². The number of thiophene rings is 1. The molecular formula is C19H24N6OS. The molecular weight excluding hydrogens is 360 g/mol. The van der Waals surface area contributed by atoms with Gasteiger partial charge in [-0.2, -0.15) is 4.98 Å². The van der Waals surface area contributed by atoms with E-state index in [1.165, 1.54) is 43.8 Å². The van der Waals surface area contributed by atoms with Crippen LogP contribution in [-0.2, 0) is 19.5 Å². The highest BCUT2D eigenvalue weighted by Gasteiger charge is 2.28. The lowest BCUT2D eigenvalue weighted by atomic mass is 9.97. The van der Waals surface area contributed by atoms with Crippen molar-refractivity contribution in [2.45, 2.75) is 57.5 Å². The second-order valence-electron chi connectivity index (χ2n) is 7.50. The Kier molecular flexibility index (Phi) is 4.75. The van der Waals surface area contributed by atoms with E-state index in [4.69, 9.17) is 4.52 Å². The van der Waals surface area contributed by atoms with Gasteiger partial charge in [-0.1, -0.05) is 17.6 Å². The third-order valence-corrected chi connectivity index (χ3v) is 6.44. The predicted octanol–water partition coefficient (Wildman–Crippen LogP) is 3.50. The molecule has 5 heterocycles. The van der Waals surface area contributed by atoms with Crippen molar-refractivity contribution < 1.29 is 4.52 Å². The number of nitrogens with zero attached hydrogens (tertiary/aromatic N) is 6. The van der Waals surface area contributed by atoms with Gasteiger partial charge < -0.3 is 9.09 Å². The lowest BCUT2D eigenvalue weighted by Crippen LogP contribution is -2.35. The summed E-state index contributed by atoms with van der Waals surface area (Å²) in [6, 6.07) is 4.03. The molecule has 1 atom stereocenters. The van der Waals surface area contributed by atoms with E-state index in [1.807, 2.05) is 17.5 Å². The molecule has 1 fully saturated rings. The van der Waals surface area contributed by atoms with Crippen molar-refractivity contribution in [2.24, 2.45) is 0 Å². The predicted molar refractivity (Wildman–Crippen MR) is 102 cm³/mol. The molecule has 1 unspecified atom stereocenters. The van der Waals surface area contributed by atoms with E-state index < -0.39 is 0 Å². The third-order valence-electron chi connectivity index (χ3n) is 5.58. The van der Waals surface area contributed by atoms with Gasteiger partial charge in [0.05, 0.1) is 11.4 Å². The number of hydrogen-bond acceptors (Lipinski definition) is 7.